The molecular formula is C25H20N6O3. The first-order valence-corrected chi connectivity index (χ1v) is 10.4. The van der Waals surface area contributed by atoms with Gasteiger partial charge in [0.05, 0.1) is 19.9 Å². The first-order chi connectivity index (χ1) is 16.7. The number of hydrogen-bond acceptors (Lipinski definition) is 7. The highest BCUT2D eigenvalue weighted by Crippen LogP contribution is 2.29. The van der Waals surface area contributed by atoms with Crippen molar-refractivity contribution in [1.29, 1.82) is 0 Å². The predicted octanol–water partition coefficient (Wildman–Crippen LogP) is 4.12. The molecule has 9 heteroatoms. The smallest absolute Gasteiger partial charge is 0.263 e. The zero-order chi connectivity index (χ0) is 23.5. The van der Waals surface area contributed by atoms with Crippen molar-refractivity contribution in [3.8, 4) is 34.3 Å². The van der Waals surface area contributed by atoms with E-state index in [0.717, 1.165) is 11.3 Å². The van der Waals surface area contributed by atoms with E-state index in [9.17, 15) is 4.79 Å². The number of carbonyl (C=O) groups is 1. The molecule has 0 spiro atoms. The monoisotopic (exact) mass is 452 g/mol. The van der Waals surface area contributed by atoms with Crippen LogP contribution >= 0.6 is 0 Å². The summed E-state index contributed by atoms with van der Waals surface area (Å²) >= 11 is 0. The lowest BCUT2D eigenvalue weighted by Crippen LogP contribution is -2.14. The van der Waals surface area contributed by atoms with Crippen molar-refractivity contribution in [3.05, 3.63) is 84.6 Å². The lowest BCUT2D eigenvalue weighted by Gasteiger charge is -2.13. The van der Waals surface area contributed by atoms with E-state index in [1.54, 1.807) is 28.9 Å². The van der Waals surface area contributed by atoms with E-state index in [0.29, 0.717) is 39.9 Å². The molecule has 3 aromatic heterocycles. The Morgan fingerprint density at radius 1 is 0.824 bits per heavy atom. The molecule has 0 fully saturated rings. The van der Waals surface area contributed by atoms with Crippen molar-refractivity contribution in [2.45, 2.75) is 0 Å². The molecule has 9 nitrogen and oxygen atoms in total. The number of benzene rings is 2. The van der Waals surface area contributed by atoms with E-state index < -0.39 is 0 Å². The predicted molar refractivity (Wildman–Crippen MR) is 127 cm³/mol. The highest BCUT2D eigenvalue weighted by Gasteiger charge is 2.18. The fraction of sp³-hybridized carbons (Fsp3) is 0.0800. The number of methoxy groups -OCH3 is 2. The normalized spacial score (nSPS) is 10.8. The van der Waals surface area contributed by atoms with Crippen molar-refractivity contribution >= 4 is 17.2 Å². The van der Waals surface area contributed by atoms with Gasteiger partial charge in [-0.1, -0.05) is 24.3 Å². The number of nitrogens with zero attached hydrogens (tertiary/aromatic N) is 5. The minimum Gasteiger partial charge on any atom is -0.496 e. The average molecular weight is 452 g/mol. The lowest BCUT2D eigenvalue weighted by molar-refractivity contribution is 0.102. The first-order valence-electron chi connectivity index (χ1n) is 10.4. The van der Waals surface area contributed by atoms with Crippen LogP contribution in [0.15, 0.2) is 79.0 Å². The number of aromatic nitrogens is 5. The van der Waals surface area contributed by atoms with Gasteiger partial charge in [0.1, 0.15) is 22.8 Å². The molecule has 0 saturated carbocycles. The van der Waals surface area contributed by atoms with Gasteiger partial charge in [0.15, 0.2) is 5.65 Å². The number of hydrogen-bond donors (Lipinski definition) is 1. The number of carbonyl (C=O) groups excluding carboxylic acids is 1. The molecule has 0 bridgehead atoms. The summed E-state index contributed by atoms with van der Waals surface area (Å²) in [7, 11) is 3.03. The molecule has 0 radical (unpaired) electrons. The highest BCUT2D eigenvalue weighted by molar-refractivity contribution is 6.08. The summed E-state index contributed by atoms with van der Waals surface area (Å²) in [6, 6.07) is 21.9. The lowest BCUT2D eigenvalue weighted by atomic mass is 10.1. The van der Waals surface area contributed by atoms with E-state index >= 15 is 0 Å². The number of anilines is 1. The number of fused-ring (bicyclic) bond motifs is 1. The van der Waals surface area contributed by atoms with E-state index in [2.05, 4.69) is 20.5 Å². The number of amides is 1. The van der Waals surface area contributed by atoms with Crippen LogP contribution in [0.1, 0.15) is 10.4 Å². The van der Waals surface area contributed by atoms with Crippen LogP contribution in [0.25, 0.3) is 28.4 Å². The van der Waals surface area contributed by atoms with Gasteiger partial charge in [-0.05, 0) is 48.5 Å². The molecule has 0 aliphatic rings. The summed E-state index contributed by atoms with van der Waals surface area (Å²) < 4.78 is 12.3. The second kappa shape index (κ2) is 8.99. The van der Waals surface area contributed by atoms with Gasteiger partial charge in [-0.2, -0.15) is 9.61 Å². The molecule has 2 aromatic carbocycles. The topological polar surface area (TPSA) is 104 Å². The number of ether oxygens (including phenoxy) is 2. The zero-order valence-corrected chi connectivity index (χ0v) is 18.5. The van der Waals surface area contributed by atoms with Crippen LogP contribution in [0.5, 0.6) is 11.5 Å². The Morgan fingerprint density at radius 3 is 2.26 bits per heavy atom. The minimum absolute atomic E-state index is 0.328. The maximum absolute atomic E-state index is 12.9. The molecule has 0 aliphatic carbocycles. The number of rotatable bonds is 6. The van der Waals surface area contributed by atoms with Crippen LogP contribution in [-0.2, 0) is 0 Å². The Morgan fingerprint density at radius 2 is 1.59 bits per heavy atom. The van der Waals surface area contributed by atoms with Crippen LogP contribution in [0, 0.1) is 0 Å². The van der Waals surface area contributed by atoms with Crippen LogP contribution in [0.3, 0.4) is 0 Å². The van der Waals surface area contributed by atoms with E-state index in [1.165, 1.54) is 14.2 Å². The molecule has 1 N–H and O–H groups in total. The zero-order valence-electron chi connectivity index (χ0n) is 18.5. The molecule has 0 unspecified atom stereocenters. The maximum Gasteiger partial charge on any atom is 0.263 e. The third-order valence-electron chi connectivity index (χ3n) is 5.25. The fourth-order valence-corrected chi connectivity index (χ4v) is 3.59. The molecule has 168 valence electrons. The first kappa shape index (κ1) is 21.1. The third-order valence-corrected chi connectivity index (χ3v) is 5.25. The van der Waals surface area contributed by atoms with Crippen LogP contribution < -0.4 is 14.8 Å². The average Bonchev–Trinajstić information content (AvgIpc) is 3.32. The molecule has 0 saturated heterocycles. The Bertz CT molecular complexity index is 1440. The molecule has 34 heavy (non-hydrogen) atoms. The second-order valence-corrected chi connectivity index (χ2v) is 7.30. The third kappa shape index (κ3) is 3.90. The van der Waals surface area contributed by atoms with E-state index in [4.69, 9.17) is 14.6 Å². The summed E-state index contributed by atoms with van der Waals surface area (Å²) in [5.41, 5.74) is 3.87. The quantitative estimate of drug-likeness (QED) is 0.413. The Balaban J connectivity index is 1.41. The molecule has 3 heterocycles. The van der Waals surface area contributed by atoms with Gasteiger partial charge in [0.25, 0.3) is 5.91 Å². The Kier molecular flexibility index (Phi) is 5.57. The highest BCUT2D eigenvalue weighted by atomic mass is 16.5. The summed E-state index contributed by atoms with van der Waals surface area (Å²) in [6.45, 7) is 0. The molecule has 0 atom stereocenters. The SMILES string of the molecule is COc1cccc(OC)c1C(=O)Nc1ccc(-c2ccc3nnc(-c4ccccn4)n3n2)cc1. The van der Waals surface area contributed by atoms with Gasteiger partial charge in [-0.25, -0.2) is 0 Å². The van der Waals surface area contributed by atoms with Crippen molar-refractivity contribution in [2.75, 3.05) is 19.5 Å². The van der Waals surface area contributed by atoms with Gasteiger partial charge in [-0.3, -0.25) is 9.78 Å². The Labute approximate surface area is 195 Å². The van der Waals surface area contributed by atoms with Crippen molar-refractivity contribution in [1.82, 2.24) is 24.8 Å². The fourth-order valence-electron chi connectivity index (χ4n) is 3.59. The standard InChI is InChI=1S/C25H20N6O3/c1-33-20-7-5-8-21(34-2)23(20)25(32)27-17-11-9-16(10-12-17)18-13-14-22-28-29-24(31(22)30-18)19-6-3-4-15-26-19/h3-15H,1-2H3,(H,27,32). The van der Waals surface area contributed by atoms with Crippen molar-refractivity contribution < 1.29 is 14.3 Å². The molecule has 0 aliphatic heterocycles. The molecule has 1 amide bonds. The van der Waals surface area contributed by atoms with Gasteiger partial charge in [-0.15, -0.1) is 10.2 Å². The van der Waals surface area contributed by atoms with Crippen LogP contribution in [0.4, 0.5) is 5.69 Å². The van der Waals surface area contributed by atoms with Crippen LogP contribution in [0.2, 0.25) is 0 Å². The molecule has 5 aromatic rings. The van der Waals surface area contributed by atoms with E-state index in [1.807, 2.05) is 54.6 Å². The van der Waals surface area contributed by atoms with Crippen molar-refractivity contribution in [3.63, 3.8) is 0 Å². The number of pyridine rings is 1. The largest absolute Gasteiger partial charge is 0.496 e. The number of nitrogens with one attached hydrogen (secondary N) is 1. The van der Waals surface area contributed by atoms with Crippen LogP contribution in [-0.4, -0.2) is 44.9 Å². The minimum atomic E-state index is -0.328. The van der Waals surface area contributed by atoms with Gasteiger partial charge >= 0.3 is 0 Å². The Hall–Kier alpha value is -4.79. The molecule has 5 rings (SSSR count). The van der Waals surface area contributed by atoms with Crippen molar-refractivity contribution in [2.24, 2.45) is 0 Å². The summed E-state index contributed by atoms with van der Waals surface area (Å²) in [5.74, 6) is 1.10. The van der Waals surface area contributed by atoms with Gasteiger partial charge in [0, 0.05) is 17.4 Å². The van der Waals surface area contributed by atoms with Gasteiger partial charge in [0.2, 0.25) is 5.82 Å². The van der Waals surface area contributed by atoms with E-state index in [-0.39, 0.29) is 5.91 Å². The second-order valence-electron chi connectivity index (χ2n) is 7.30. The summed E-state index contributed by atoms with van der Waals surface area (Å²) in [6.07, 6.45) is 1.70. The molecular weight excluding hydrogens is 432 g/mol. The summed E-state index contributed by atoms with van der Waals surface area (Å²) in [5, 5.41) is 16.0. The maximum atomic E-state index is 12.9. The summed E-state index contributed by atoms with van der Waals surface area (Å²) in [4.78, 5) is 17.3. The van der Waals surface area contributed by atoms with Gasteiger partial charge < -0.3 is 14.8 Å².